The third-order valence-corrected chi connectivity index (χ3v) is 5.78. The van der Waals surface area contributed by atoms with Gasteiger partial charge in [-0.1, -0.05) is 38.1 Å². The van der Waals surface area contributed by atoms with Crippen LogP contribution < -0.4 is 14.8 Å². The summed E-state index contributed by atoms with van der Waals surface area (Å²) in [5.74, 6) is 0.911. The number of sulfonamides is 1. The van der Waals surface area contributed by atoms with E-state index in [2.05, 4.69) is 16.1 Å². The fourth-order valence-corrected chi connectivity index (χ4v) is 3.93. The van der Waals surface area contributed by atoms with Gasteiger partial charge in [0.1, 0.15) is 12.4 Å². The first kappa shape index (κ1) is 21.2. The molecule has 0 bridgehead atoms. The Labute approximate surface area is 161 Å². The normalized spacial score (nSPS) is 12.7. The fourth-order valence-electron chi connectivity index (χ4n) is 2.75. The SMILES string of the molecule is CCCS(=O)(=O)NCC(C)c1ccc2cc(OCCNC(C)=O)ccc2c1. The molecule has 1 unspecified atom stereocenters. The first-order valence-electron chi connectivity index (χ1n) is 9.19. The maximum atomic E-state index is 11.8. The second kappa shape index (κ2) is 9.71. The molecule has 0 spiro atoms. The number of rotatable bonds is 10. The van der Waals surface area contributed by atoms with E-state index >= 15 is 0 Å². The molecule has 0 heterocycles. The van der Waals surface area contributed by atoms with Gasteiger partial charge < -0.3 is 10.1 Å². The van der Waals surface area contributed by atoms with Gasteiger partial charge in [-0.05, 0) is 40.8 Å². The molecule has 0 radical (unpaired) electrons. The van der Waals surface area contributed by atoms with E-state index in [4.69, 9.17) is 4.74 Å². The van der Waals surface area contributed by atoms with Crippen molar-refractivity contribution in [1.29, 1.82) is 0 Å². The van der Waals surface area contributed by atoms with E-state index in [0.717, 1.165) is 22.1 Å². The van der Waals surface area contributed by atoms with E-state index in [-0.39, 0.29) is 17.6 Å². The van der Waals surface area contributed by atoms with Gasteiger partial charge in [0, 0.05) is 13.5 Å². The molecule has 0 saturated carbocycles. The van der Waals surface area contributed by atoms with Crippen LogP contribution in [-0.2, 0) is 14.8 Å². The van der Waals surface area contributed by atoms with Crippen LogP contribution in [0.25, 0.3) is 10.8 Å². The van der Waals surface area contributed by atoms with E-state index in [9.17, 15) is 13.2 Å². The number of hydrogen-bond acceptors (Lipinski definition) is 4. The van der Waals surface area contributed by atoms with Crippen molar-refractivity contribution >= 4 is 26.7 Å². The molecule has 2 rings (SSSR count). The molecule has 2 aromatic rings. The van der Waals surface area contributed by atoms with E-state index in [1.165, 1.54) is 6.92 Å². The first-order valence-corrected chi connectivity index (χ1v) is 10.8. The quantitative estimate of drug-likeness (QED) is 0.609. The van der Waals surface area contributed by atoms with Crippen molar-refractivity contribution < 1.29 is 17.9 Å². The van der Waals surface area contributed by atoms with Crippen LogP contribution in [0.4, 0.5) is 0 Å². The molecule has 1 atom stereocenters. The number of ether oxygens (including phenoxy) is 1. The van der Waals surface area contributed by atoms with Crippen molar-refractivity contribution in [2.75, 3.05) is 25.4 Å². The van der Waals surface area contributed by atoms with Crippen LogP contribution in [0.3, 0.4) is 0 Å². The van der Waals surface area contributed by atoms with E-state index in [0.29, 0.717) is 26.1 Å². The molecular formula is C20H28N2O4S. The lowest BCUT2D eigenvalue weighted by molar-refractivity contribution is -0.119. The van der Waals surface area contributed by atoms with Gasteiger partial charge in [-0.25, -0.2) is 13.1 Å². The van der Waals surface area contributed by atoms with Crippen molar-refractivity contribution in [1.82, 2.24) is 10.0 Å². The second-order valence-corrected chi connectivity index (χ2v) is 8.59. The Balaban J connectivity index is 2.00. The summed E-state index contributed by atoms with van der Waals surface area (Å²) < 4.78 is 32.0. The van der Waals surface area contributed by atoms with Crippen LogP contribution >= 0.6 is 0 Å². The zero-order chi connectivity index (χ0) is 19.9. The Morgan fingerprint density at radius 3 is 2.56 bits per heavy atom. The Morgan fingerprint density at radius 1 is 1.15 bits per heavy atom. The molecule has 0 aliphatic rings. The average molecular weight is 393 g/mol. The molecule has 148 valence electrons. The number of fused-ring (bicyclic) bond motifs is 1. The largest absolute Gasteiger partial charge is 0.492 e. The first-order chi connectivity index (χ1) is 12.8. The Hall–Kier alpha value is -2.12. The highest BCUT2D eigenvalue weighted by atomic mass is 32.2. The van der Waals surface area contributed by atoms with Crippen LogP contribution in [-0.4, -0.2) is 39.8 Å². The zero-order valence-corrected chi connectivity index (χ0v) is 16.9. The minimum absolute atomic E-state index is 0.0734. The molecule has 0 aromatic heterocycles. The predicted molar refractivity (Wildman–Crippen MR) is 109 cm³/mol. The number of benzene rings is 2. The van der Waals surface area contributed by atoms with Crippen molar-refractivity contribution in [3.8, 4) is 5.75 Å². The van der Waals surface area contributed by atoms with Gasteiger partial charge in [-0.15, -0.1) is 0 Å². The van der Waals surface area contributed by atoms with Gasteiger partial charge in [0.05, 0.1) is 12.3 Å². The summed E-state index contributed by atoms with van der Waals surface area (Å²) in [5.41, 5.74) is 1.08. The second-order valence-electron chi connectivity index (χ2n) is 6.67. The van der Waals surface area contributed by atoms with Gasteiger partial charge in [0.2, 0.25) is 15.9 Å². The van der Waals surface area contributed by atoms with Crippen LogP contribution in [0.1, 0.15) is 38.7 Å². The van der Waals surface area contributed by atoms with Gasteiger partial charge in [-0.3, -0.25) is 4.79 Å². The van der Waals surface area contributed by atoms with Gasteiger partial charge in [0.15, 0.2) is 0 Å². The number of amides is 1. The molecule has 0 saturated heterocycles. The molecule has 2 N–H and O–H groups in total. The monoisotopic (exact) mass is 392 g/mol. The standard InChI is InChI=1S/C20H28N2O4S/c1-4-11-27(24,25)22-14-15(2)17-5-6-19-13-20(8-7-18(19)12-17)26-10-9-21-16(3)23/h5-8,12-13,15,22H,4,9-11,14H2,1-3H3,(H,21,23). The Morgan fingerprint density at radius 2 is 1.85 bits per heavy atom. The number of carbonyl (C=O) groups excluding carboxylic acids is 1. The highest BCUT2D eigenvalue weighted by Gasteiger charge is 2.12. The molecule has 0 aliphatic heterocycles. The topological polar surface area (TPSA) is 84.5 Å². The van der Waals surface area contributed by atoms with Crippen molar-refractivity contribution in [2.24, 2.45) is 0 Å². The molecular weight excluding hydrogens is 364 g/mol. The van der Waals surface area contributed by atoms with Crippen LogP contribution in [0, 0.1) is 0 Å². The summed E-state index contributed by atoms with van der Waals surface area (Å²) in [6.07, 6.45) is 0.606. The van der Waals surface area contributed by atoms with Gasteiger partial charge in [0.25, 0.3) is 0 Å². The molecule has 27 heavy (non-hydrogen) atoms. The summed E-state index contributed by atoms with van der Waals surface area (Å²) in [6.45, 7) is 6.61. The van der Waals surface area contributed by atoms with Crippen molar-refractivity contribution in [3.05, 3.63) is 42.0 Å². The van der Waals surface area contributed by atoms with Crippen molar-refractivity contribution in [3.63, 3.8) is 0 Å². The Bertz CT molecular complexity index is 881. The molecule has 0 aliphatic carbocycles. The summed E-state index contributed by atoms with van der Waals surface area (Å²) >= 11 is 0. The van der Waals surface area contributed by atoms with E-state index in [1.807, 2.05) is 44.2 Å². The summed E-state index contributed by atoms with van der Waals surface area (Å²) in [7, 11) is -3.19. The lowest BCUT2D eigenvalue weighted by Crippen LogP contribution is -2.29. The van der Waals surface area contributed by atoms with E-state index < -0.39 is 10.0 Å². The van der Waals surface area contributed by atoms with E-state index in [1.54, 1.807) is 0 Å². The highest BCUT2D eigenvalue weighted by Crippen LogP contribution is 2.25. The molecule has 1 amide bonds. The lowest BCUT2D eigenvalue weighted by atomic mass is 9.98. The average Bonchev–Trinajstić information content (AvgIpc) is 2.62. The minimum atomic E-state index is -3.19. The maximum Gasteiger partial charge on any atom is 0.216 e. The smallest absolute Gasteiger partial charge is 0.216 e. The van der Waals surface area contributed by atoms with Crippen LogP contribution in [0.15, 0.2) is 36.4 Å². The highest BCUT2D eigenvalue weighted by molar-refractivity contribution is 7.89. The number of nitrogens with one attached hydrogen (secondary N) is 2. The Kier molecular flexibility index (Phi) is 7.62. The maximum absolute atomic E-state index is 11.8. The molecule has 2 aromatic carbocycles. The molecule has 0 fully saturated rings. The number of hydrogen-bond donors (Lipinski definition) is 2. The third-order valence-electron chi connectivity index (χ3n) is 4.23. The van der Waals surface area contributed by atoms with Crippen molar-refractivity contribution in [2.45, 2.75) is 33.1 Å². The van der Waals surface area contributed by atoms with Gasteiger partial charge >= 0.3 is 0 Å². The lowest BCUT2D eigenvalue weighted by Gasteiger charge is -2.14. The number of carbonyl (C=O) groups is 1. The minimum Gasteiger partial charge on any atom is -0.492 e. The van der Waals surface area contributed by atoms with Crippen LogP contribution in [0.2, 0.25) is 0 Å². The van der Waals surface area contributed by atoms with Crippen LogP contribution in [0.5, 0.6) is 5.75 Å². The fraction of sp³-hybridized carbons (Fsp3) is 0.450. The summed E-state index contributed by atoms with van der Waals surface area (Å²) in [5, 5.41) is 4.82. The van der Waals surface area contributed by atoms with Gasteiger partial charge in [-0.2, -0.15) is 0 Å². The predicted octanol–water partition coefficient (Wildman–Crippen LogP) is 2.79. The molecule has 7 heteroatoms. The molecule has 6 nitrogen and oxygen atoms in total. The summed E-state index contributed by atoms with van der Waals surface area (Å²) in [6, 6.07) is 12.0. The zero-order valence-electron chi connectivity index (χ0n) is 16.1. The summed E-state index contributed by atoms with van der Waals surface area (Å²) in [4.78, 5) is 10.8. The third kappa shape index (κ3) is 6.84.